The number of rotatable bonds is 5. The van der Waals surface area contributed by atoms with Gasteiger partial charge in [0.1, 0.15) is 11.5 Å². The fraction of sp³-hybridized carbons (Fsp3) is 0.500. The summed E-state index contributed by atoms with van der Waals surface area (Å²) in [4.78, 5) is 0. The highest BCUT2D eigenvalue weighted by Gasteiger charge is 2.42. The molecule has 1 aromatic rings. The topological polar surface area (TPSA) is 18.5 Å². The van der Waals surface area contributed by atoms with Gasteiger partial charge in [-0.3, -0.25) is 0 Å². The predicted molar refractivity (Wildman–Crippen MR) is 71.7 cm³/mol. The molecule has 0 amide bonds. The molecule has 0 aromatic heterocycles. The van der Waals surface area contributed by atoms with Crippen molar-refractivity contribution in [3.63, 3.8) is 0 Å². The Morgan fingerprint density at radius 3 is 2.62 bits per heavy atom. The maximum atomic E-state index is 5.82. The van der Waals surface area contributed by atoms with E-state index in [1.165, 1.54) is 12.8 Å². The van der Waals surface area contributed by atoms with E-state index in [1.807, 2.05) is 18.2 Å². The van der Waals surface area contributed by atoms with Gasteiger partial charge in [-0.25, -0.2) is 0 Å². The molecule has 0 saturated heterocycles. The van der Waals surface area contributed by atoms with Crippen molar-refractivity contribution in [3.05, 3.63) is 22.7 Å². The van der Waals surface area contributed by atoms with E-state index < -0.39 is 0 Å². The number of halogens is 2. The summed E-state index contributed by atoms with van der Waals surface area (Å²) in [6, 6.07) is 5.77. The monoisotopic (exact) mass is 348 g/mol. The summed E-state index contributed by atoms with van der Waals surface area (Å²) < 4.78 is 11.9. The van der Waals surface area contributed by atoms with Gasteiger partial charge >= 0.3 is 0 Å². The second kappa shape index (κ2) is 4.96. The van der Waals surface area contributed by atoms with Crippen molar-refractivity contribution in [2.75, 3.05) is 19.0 Å². The van der Waals surface area contributed by atoms with Gasteiger partial charge in [-0.15, -0.1) is 0 Å². The van der Waals surface area contributed by atoms with Gasteiger partial charge in [0.05, 0.1) is 18.2 Å². The molecule has 0 N–H and O–H groups in total. The third-order valence-electron chi connectivity index (χ3n) is 2.91. The molecule has 1 aromatic carbocycles. The van der Waals surface area contributed by atoms with E-state index in [4.69, 9.17) is 9.47 Å². The van der Waals surface area contributed by atoms with Crippen molar-refractivity contribution < 1.29 is 9.47 Å². The van der Waals surface area contributed by atoms with Crippen molar-refractivity contribution in [1.29, 1.82) is 0 Å². The van der Waals surface area contributed by atoms with Crippen LogP contribution in [0.3, 0.4) is 0 Å². The van der Waals surface area contributed by atoms with Crippen LogP contribution in [0.4, 0.5) is 0 Å². The van der Waals surface area contributed by atoms with E-state index in [0.29, 0.717) is 5.41 Å². The van der Waals surface area contributed by atoms with Crippen LogP contribution in [0, 0.1) is 5.41 Å². The molecule has 1 fully saturated rings. The van der Waals surface area contributed by atoms with Crippen molar-refractivity contribution in [1.82, 2.24) is 0 Å². The highest BCUT2D eigenvalue weighted by molar-refractivity contribution is 9.10. The molecule has 16 heavy (non-hydrogen) atoms. The average molecular weight is 350 g/mol. The van der Waals surface area contributed by atoms with E-state index in [0.717, 1.165) is 27.9 Å². The molecule has 0 spiro atoms. The zero-order valence-corrected chi connectivity index (χ0v) is 12.3. The molecular formula is C12H14Br2O2. The molecule has 0 radical (unpaired) electrons. The summed E-state index contributed by atoms with van der Waals surface area (Å²) >= 11 is 7.02. The Morgan fingerprint density at radius 2 is 2.12 bits per heavy atom. The zero-order valence-electron chi connectivity index (χ0n) is 9.13. The van der Waals surface area contributed by atoms with Gasteiger partial charge in [-0.2, -0.15) is 0 Å². The molecule has 0 unspecified atom stereocenters. The average Bonchev–Trinajstić information content (AvgIpc) is 3.08. The van der Waals surface area contributed by atoms with Gasteiger partial charge < -0.3 is 9.47 Å². The van der Waals surface area contributed by atoms with Crippen LogP contribution < -0.4 is 9.47 Å². The van der Waals surface area contributed by atoms with Crippen molar-refractivity contribution >= 4 is 31.9 Å². The summed E-state index contributed by atoms with van der Waals surface area (Å²) in [7, 11) is 1.66. The van der Waals surface area contributed by atoms with Crippen LogP contribution in [-0.4, -0.2) is 19.0 Å². The first-order chi connectivity index (χ1) is 7.69. The molecule has 88 valence electrons. The molecule has 1 saturated carbocycles. The molecule has 1 aliphatic rings. The van der Waals surface area contributed by atoms with E-state index in [9.17, 15) is 0 Å². The van der Waals surface area contributed by atoms with Crippen LogP contribution >= 0.6 is 31.9 Å². The molecule has 4 heteroatoms. The highest BCUT2D eigenvalue weighted by atomic mass is 79.9. The third kappa shape index (κ3) is 2.72. The van der Waals surface area contributed by atoms with Crippen LogP contribution in [0.2, 0.25) is 0 Å². The number of methoxy groups -OCH3 is 1. The van der Waals surface area contributed by atoms with Crippen LogP contribution in [0.1, 0.15) is 12.8 Å². The molecule has 2 rings (SSSR count). The van der Waals surface area contributed by atoms with Gasteiger partial charge in [0, 0.05) is 10.7 Å². The summed E-state index contributed by atoms with van der Waals surface area (Å²) in [5.74, 6) is 1.72. The van der Waals surface area contributed by atoms with Crippen LogP contribution in [0.15, 0.2) is 22.7 Å². The van der Waals surface area contributed by atoms with Gasteiger partial charge in [0.15, 0.2) is 0 Å². The minimum absolute atomic E-state index is 0.374. The number of alkyl halides is 1. The van der Waals surface area contributed by atoms with E-state index in [-0.39, 0.29) is 0 Å². The fourth-order valence-electron chi connectivity index (χ4n) is 1.45. The minimum atomic E-state index is 0.374. The smallest absolute Gasteiger partial charge is 0.133 e. The Bertz CT molecular complexity index is 375. The largest absolute Gasteiger partial charge is 0.497 e. The van der Waals surface area contributed by atoms with Crippen LogP contribution in [0.25, 0.3) is 0 Å². The first-order valence-electron chi connectivity index (χ1n) is 5.21. The van der Waals surface area contributed by atoms with Crippen molar-refractivity contribution in [3.8, 4) is 11.5 Å². The highest BCUT2D eigenvalue weighted by Crippen LogP contribution is 2.47. The van der Waals surface area contributed by atoms with Gasteiger partial charge in [-0.05, 0) is 47.0 Å². The SMILES string of the molecule is COc1ccc(OCC2(CBr)CC2)c(Br)c1. The fourth-order valence-corrected chi connectivity index (χ4v) is 2.64. The van der Waals surface area contributed by atoms with Gasteiger partial charge in [-0.1, -0.05) is 15.9 Å². The minimum Gasteiger partial charge on any atom is -0.497 e. The molecule has 0 bridgehead atoms. The maximum absolute atomic E-state index is 5.82. The Hall–Kier alpha value is -0.220. The molecule has 0 heterocycles. The first kappa shape index (κ1) is 12.2. The standard InChI is InChI=1S/C12H14Br2O2/c1-15-9-2-3-11(10(14)6-9)16-8-12(7-13)4-5-12/h2-3,6H,4-5,7-8H2,1H3. The first-order valence-corrected chi connectivity index (χ1v) is 7.13. The van der Waals surface area contributed by atoms with Gasteiger partial charge in [0.25, 0.3) is 0 Å². The lowest BCUT2D eigenvalue weighted by molar-refractivity contribution is 0.249. The Kier molecular flexibility index (Phi) is 3.80. The Balaban J connectivity index is 1.99. The van der Waals surface area contributed by atoms with Gasteiger partial charge in [0.2, 0.25) is 0 Å². The van der Waals surface area contributed by atoms with Crippen LogP contribution in [0.5, 0.6) is 11.5 Å². The summed E-state index contributed by atoms with van der Waals surface area (Å²) in [5, 5.41) is 1.02. The summed E-state index contributed by atoms with van der Waals surface area (Å²) in [6.45, 7) is 0.781. The molecule has 0 aliphatic heterocycles. The Labute approximate surface area is 113 Å². The zero-order chi connectivity index (χ0) is 11.6. The Morgan fingerprint density at radius 1 is 1.38 bits per heavy atom. The quantitative estimate of drug-likeness (QED) is 0.748. The van der Waals surface area contributed by atoms with Crippen molar-refractivity contribution in [2.45, 2.75) is 12.8 Å². The predicted octanol–water partition coefficient (Wildman–Crippen LogP) is 4.01. The van der Waals surface area contributed by atoms with Crippen molar-refractivity contribution in [2.24, 2.45) is 5.41 Å². The summed E-state index contributed by atoms with van der Waals surface area (Å²) in [5.41, 5.74) is 0.374. The number of ether oxygens (including phenoxy) is 2. The second-order valence-corrected chi connectivity index (χ2v) is 5.63. The normalized spacial score (nSPS) is 16.9. The second-order valence-electron chi connectivity index (χ2n) is 4.22. The number of hydrogen-bond donors (Lipinski definition) is 0. The molecular weight excluding hydrogens is 336 g/mol. The van der Waals surface area contributed by atoms with Crippen LogP contribution in [-0.2, 0) is 0 Å². The molecule has 0 atom stereocenters. The van der Waals surface area contributed by atoms with E-state index in [2.05, 4.69) is 31.9 Å². The third-order valence-corrected chi connectivity index (χ3v) is 4.72. The van der Waals surface area contributed by atoms with E-state index in [1.54, 1.807) is 7.11 Å². The molecule has 1 aliphatic carbocycles. The lowest BCUT2D eigenvalue weighted by atomic mass is 10.2. The number of hydrogen-bond acceptors (Lipinski definition) is 2. The van der Waals surface area contributed by atoms with E-state index >= 15 is 0 Å². The lowest BCUT2D eigenvalue weighted by Gasteiger charge is -2.14. The lowest BCUT2D eigenvalue weighted by Crippen LogP contribution is -2.14. The number of benzene rings is 1. The summed E-state index contributed by atoms with van der Waals surface area (Å²) in [6.07, 6.45) is 2.51. The maximum Gasteiger partial charge on any atom is 0.133 e. The molecule has 2 nitrogen and oxygen atoms in total.